The SMILES string of the molecule is CC(C)(C)OC(=O)c1[c-]c(Cl)c(-c2cccc(NC3CCN(S(=O)(=O)Cc4cccc([NH3+])c4)CC3)c2)s1.[CH2-]C(=O)O.[U+2]. The molecule has 1 aliphatic rings. The van der Waals surface area contributed by atoms with Crippen molar-refractivity contribution in [2.75, 3.05) is 18.4 Å². The van der Waals surface area contributed by atoms with Gasteiger partial charge in [0.25, 0.3) is 0 Å². The zero-order valence-corrected chi connectivity index (χ0v) is 30.3. The number of carbonyl (C=O) groups excluding carboxylic acids is 1. The molecule has 3 aromatic rings. The van der Waals surface area contributed by atoms with Gasteiger partial charge in [-0.05, 0) is 67.1 Å². The van der Waals surface area contributed by atoms with Gasteiger partial charge < -0.3 is 25.7 Å². The van der Waals surface area contributed by atoms with E-state index in [2.05, 4.69) is 24.0 Å². The molecule has 0 atom stereocenters. The number of carbonyl (C=O) groups is 2. The fourth-order valence-electron chi connectivity index (χ4n) is 4.22. The van der Waals surface area contributed by atoms with Crippen LogP contribution in [0.4, 0.5) is 11.4 Å². The third kappa shape index (κ3) is 11.2. The molecule has 0 radical (unpaired) electrons. The maximum absolute atomic E-state index is 12.9. The van der Waals surface area contributed by atoms with Crippen LogP contribution in [0.25, 0.3) is 10.4 Å². The molecule has 0 unspecified atom stereocenters. The molecule has 1 fully saturated rings. The fourth-order valence-corrected chi connectivity index (χ4v) is 7.01. The van der Waals surface area contributed by atoms with Crippen molar-refractivity contribution in [2.24, 2.45) is 0 Å². The zero-order valence-electron chi connectivity index (χ0n) is 23.8. The summed E-state index contributed by atoms with van der Waals surface area (Å²) in [6.45, 7) is 8.94. The minimum atomic E-state index is -3.39. The van der Waals surface area contributed by atoms with Gasteiger partial charge in [-0.3, -0.25) is 11.7 Å². The summed E-state index contributed by atoms with van der Waals surface area (Å²) >= 11 is 7.68. The topological polar surface area (TPSA) is 141 Å². The predicted molar refractivity (Wildman–Crippen MR) is 162 cm³/mol. The van der Waals surface area contributed by atoms with E-state index in [0.29, 0.717) is 35.8 Å². The summed E-state index contributed by atoms with van der Waals surface area (Å²) < 4.78 is 32.9. The molecule has 42 heavy (non-hydrogen) atoms. The van der Waals surface area contributed by atoms with Crippen molar-refractivity contribution >= 4 is 56.3 Å². The van der Waals surface area contributed by atoms with Crippen LogP contribution in [0.3, 0.4) is 0 Å². The van der Waals surface area contributed by atoms with Crippen molar-refractivity contribution < 1.29 is 64.7 Å². The minimum Gasteiger partial charge on any atom is -0.513 e. The molecule has 9 nitrogen and oxygen atoms in total. The third-order valence-corrected chi connectivity index (χ3v) is 9.26. The number of thiophene rings is 1. The van der Waals surface area contributed by atoms with E-state index in [0.717, 1.165) is 27.4 Å². The van der Waals surface area contributed by atoms with Gasteiger partial charge in [-0.1, -0.05) is 34.9 Å². The second-order valence-corrected chi connectivity index (χ2v) is 13.9. The van der Waals surface area contributed by atoms with Crippen molar-refractivity contribution in [2.45, 2.75) is 51.0 Å². The van der Waals surface area contributed by atoms with Gasteiger partial charge in [0.15, 0.2) is 5.97 Å². The van der Waals surface area contributed by atoms with Gasteiger partial charge in [0.2, 0.25) is 16.0 Å². The van der Waals surface area contributed by atoms with E-state index in [-0.39, 0.29) is 42.9 Å². The first-order valence-electron chi connectivity index (χ1n) is 12.9. The number of carboxylic acids is 1. The summed E-state index contributed by atoms with van der Waals surface area (Å²) in [5.74, 6) is -1.54. The van der Waals surface area contributed by atoms with Crippen molar-refractivity contribution in [3.63, 3.8) is 0 Å². The Morgan fingerprint density at radius 3 is 2.40 bits per heavy atom. The summed E-state index contributed by atoms with van der Waals surface area (Å²) in [5.41, 5.74) is 6.63. The number of carboxylic acid groups (broad SMARTS) is 1. The molecule has 1 aliphatic heterocycles. The van der Waals surface area contributed by atoms with Crippen LogP contribution in [0.5, 0.6) is 0 Å². The number of sulfonamides is 1. The van der Waals surface area contributed by atoms with E-state index < -0.39 is 27.6 Å². The predicted octanol–water partition coefficient (Wildman–Crippen LogP) is 5.01. The van der Waals surface area contributed by atoms with E-state index in [1.54, 1.807) is 4.31 Å². The summed E-state index contributed by atoms with van der Waals surface area (Å²) in [5, 5.41) is 11.2. The van der Waals surface area contributed by atoms with Crippen LogP contribution in [-0.2, 0) is 25.3 Å². The van der Waals surface area contributed by atoms with Crippen molar-refractivity contribution in [3.8, 4) is 10.4 Å². The average Bonchev–Trinajstić information content (AvgIpc) is 3.25. The fraction of sp³-hybridized carbons (Fsp3) is 0.345. The van der Waals surface area contributed by atoms with Crippen LogP contribution in [0.2, 0.25) is 5.02 Å². The Morgan fingerprint density at radius 2 is 1.81 bits per heavy atom. The monoisotopic (exact) mass is 858 g/mol. The number of hydrogen-bond donors (Lipinski definition) is 3. The molecular weight excluding hydrogens is 824 g/mol. The standard InChI is InChI=1S/C27H31ClN3O4S2.C2H3O2.U/c1-27(2,3)35-26(32)24-16-23(28)25(36-24)19-7-5-9-22(15-19)30-21-10-12-31(13-11-21)37(33,34)17-18-6-4-8-20(29)14-18;1-2(3)4;/h4-9,14-15,21,30H,10-13,17,29H2,1-3H3;1H2,(H,3,4);/q2*-1;+2/p+1. The Labute approximate surface area is 280 Å². The quantitative estimate of drug-likeness (QED) is 0.224. The first-order chi connectivity index (χ1) is 19.1. The molecule has 2 heterocycles. The van der Waals surface area contributed by atoms with Crippen LogP contribution < -0.4 is 11.1 Å². The smallest absolute Gasteiger partial charge is 0.513 e. The van der Waals surface area contributed by atoms with Crippen LogP contribution in [-0.4, -0.2) is 54.5 Å². The van der Waals surface area contributed by atoms with Crippen LogP contribution >= 0.6 is 22.9 Å². The molecule has 224 valence electrons. The van der Waals surface area contributed by atoms with E-state index in [9.17, 15) is 13.2 Å². The first-order valence-corrected chi connectivity index (χ1v) is 15.7. The summed E-state index contributed by atoms with van der Waals surface area (Å²) in [4.78, 5) is 22.4. The largest absolute Gasteiger partial charge is 2.00 e. The normalized spacial score (nSPS) is 14.2. The molecule has 0 amide bonds. The van der Waals surface area contributed by atoms with Gasteiger partial charge in [-0.25, -0.2) is 24.1 Å². The maximum atomic E-state index is 12.9. The van der Waals surface area contributed by atoms with E-state index in [1.165, 1.54) is 11.3 Å². The number of nitrogens with zero attached hydrogens (tertiary/aromatic N) is 1. The molecule has 4 rings (SSSR count). The Balaban J connectivity index is 0.00000116. The number of aliphatic carboxylic acids is 1. The van der Waals surface area contributed by atoms with Crippen molar-refractivity contribution in [3.05, 3.63) is 77.0 Å². The number of ether oxygens (including phenoxy) is 1. The Hall–Kier alpha value is -2.04. The average molecular weight is 859 g/mol. The van der Waals surface area contributed by atoms with Gasteiger partial charge in [0, 0.05) is 30.9 Å². The van der Waals surface area contributed by atoms with Gasteiger partial charge in [-0.15, -0.1) is 17.7 Å². The Bertz CT molecular complexity index is 1480. The minimum absolute atomic E-state index is 0. The number of nitrogens with one attached hydrogen (secondary N) is 1. The Morgan fingerprint density at radius 1 is 1.19 bits per heavy atom. The third-order valence-electron chi connectivity index (χ3n) is 5.89. The number of benzene rings is 2. The maximum Gasteiger partial charge on any atom is 2.00 e. The second kappa shape index (κ2) is 15.6. The molecule has 0 bridgehead atoms. The van der Waals surface area contributed by atoms with Gasteiger partial charge in [0.1, 0.15) is 5.69 Å². The van der Waals surface area contributed by atoms with Crippen molar-refractivity contribution in [1.82, 2.24) is 4.31 Å². The summed E-state index contributed by atoms with van der Waals surface area (Å²) in [6, 6.07) is 18.2. The molecule has 2 aromatic carbocycles. The summed E-state index contributed by atoms with van der Waals surface area (Å²) in [6.07, 6.45) is 1.41. The number of quaternary nitrogens is 1. The van der Waals surface area contributed by atoms with Crippen LogP contribution in [0.1, 0.15) is 48.8 Å². The number of halogens is 1. The van der Waals surface area contributed by atoms with Gasteiger partial charge >= 0.3 is 31.1 Å². The first kappa shape index (κ1) is 36.2. The van der Waals surface area contributed by atoms with Crippen LogP contribution in [0, 0.1) is 44.1 Å². The van der Waals surface area contributed by atoms with Gasteiger partial charge in [-0.2, -0.15) is 0 Å². The van der Waals surface area contributed by atoms with E-state index in [4.69, 9.17) is 26.2 Å². The van der Waals surface area contributed by atoms with E-state index >= 15 is 0 Å². The molecule has 5 N–H and O–H groups in total. The molecule has 13 heteroatoms. The molecule has 0 saturated carbocycles. The number of anilines is 1. The number of rotatable bonds is 7. The second-order valence-electron chi connectivity index (χ2n) is 10.6. The zero-order chi connectivity index (χ0) is 30.4. The molecule has 0 aliphatic carbocycles. The van der Waals surface area contributed by atoms with E-state index in [1.807, 2.05) is 69.3 Å². The number of piperidine rings is 1. The molecular formula is C29H35ClN3O6S2U+. The molecule has 0 spiro atoms. The number of hydrogen-bond acceptors (Lipinski definition) is 7. The van der Waals surface area contributed by atoms with Crippen molar-refractivity contribution in [1.29, 1.82) is 0 Å². The van der Waals surface area contributed by atoms with Gasteiger partial charge in [0.05, 0.1) is 11.4 Å². The van der Waals surface area contributed by atoms with Crippen LogP contribution in [0.15, 0.2) is 48.5 Å². The number of esters is 1. The molecule has 1 saturated heterocycles. The molecule has 1 aromatic heterocycles. The summed E-state index contributed by atoms with van der Waals surface area (Å²) in [7, 11) is -3.39. The Kier molecular flexibility index (Phi) is 13.4.